The van der Waals surface area contributed by atoms with Crippen molar-refractivity contribution in [1.82, 2.24) is 15.5 Å². The maximum Gasteiger partial charge on any atom is 0.321 e. The van der Waals surface area contributed by atoms with E-state index in [-0.39, 0.29) is 17.8 Å². The minimum atomic E-state index is -0.269. The fourth-order valence-electron chi connectivity index (χ4n) is 1.99. The summed E-state index contributed by atoms with van der Waals surface area (Å²) in [5, 5.41) is 24.3. The summed E-state index contributed by atoms with van der Waals surface area (Å²) >= 11 is 1.39. The van der Waals surface area contributed by atoms with Crippen LogP contribution < -0.4 is 10.6 Å². The standard InChI is InChI=1S/C16H22N4O2S/c1-10(2)14-19-20-16(23-14)18-15(22)17-11(3)4-5-12-6-8-13(21)9-7-12/h6-11,21H,4-5H2,1-3H3,(H2,17,18,20,22)/t11-/m0/s1. The number of nitrogens with one attached hydrogen (secondary N) is 2. The molecule has 3 N–H and O–H groups in total. The molecule has 2 rings (SSSR count). The number of carbonyl (C=O) groups is 1. The number of rotatable bonds is 6. The Kier molecular flexibility index (Phi) is 5.92. The first-order chi connectivity index (χ1) is 10.9. The van der Waals surface area contributed by atoms with Gasteiger partial charge in [0.2, 0.25) is 5.13 Å². The molecule has 0 fully saturated rings. The van der Waals surface area contributed by atoms with Crippen molar-refractivity contribution in [3.05, 3.63) is 34.8 Å². The van der Waals surface area contributed by atoms with Crippen molar-refractivity contribution in [2.45, 2.75) is 45.6 Å². The van der Waals surface area contributed by atoms with Crippen LogP contribution in [0.1, 0.15) is 43.7 Å². The van der Waals surface area contributed by atoms with Crippen molar-refractivity contribution >= 4 is 22.5 Å². The van der Waals surface area contributed by atoms with Gasteiger partial charge in [-0.05, 0) is 37.5 Å². The Morgan fingerprint density at radius 3 is 2.52 bits per heavy atom. The molecule has 23 heavy (non-hydrogen) atoms. The van der Waals surface area contributed by atoms with Crippen molar-refractivity contribution in [2.24, 2.45) is 0 Å². The quantitative estimate of drug-likeness (QED) is 0.754. The lowest BCUT2D eigenvalue weighted by atomic mass is 10.1. The van der Waals surface area contributed by atoms with Gasteiger partial charge in [-0.1, -0.05) is 37.3 Å². The lowest BCUT2D eigenvalue weighted by Crippen LogP contribution is -2.36. The second kappa shape index (κ2) is 7.92. The summed E-state index contributed by atoms with van der Waals surface area (Å²) in [6.45, 7) is 6.03. The molecular weight excluding hydrogens is 312 g/mol. The molecule has 0 bridgehead atoms. The van der Waals surface area contributed by atoms with Crippen LogP contribution in [-0.4, -0.2) is 27.4 Å². The van der Waals surface area contributed by atoms with Crippen LogP contribution in [0.2, 0.25) is 0 Å². The van der Waals surface area contributed by atoms with Gasteiger partial charge in [-0.15, -0.1) is 10.2 Å². The van der Waals surface area contributed by atoms with Crippen molar-refractivity contribution in [3.8, 4) is 5.75 Å². The first kappa shape index (κ1) is 17.2. The summed E-state index contributed by atoms with van der Waals surface area (Å²) in [6, 6.07) is 6.87. The Morgan fingerprint density at radius 1 is 1.22 bits per heavy atom. The zero-order chi connectivity index (χ0) is 16.8. The predicted octanol–water partition coefficient (Wildman–Crippen LogP) is 3.51. The van der Waals surface area contributed by atoms with Gasteiger partial charge in [0.15, 0.2) is 0 Å². The van der Waals surface area contributed by atoms with E-state index in [1.54, 1.807) is 12.1 Å². The summed E-state index contributed by atoms with van der Waals surface area (Å²) in [5.74, 6) is 0.562. The lowest BCUT2D eigenvalue weighted by molar-refractivity contribution is 0.248. The maximum absolute atomic E-state index is 11.9. The lowest BCUT2D eigenvalue weighted by Gasteiger charge is -2.13. The third-order valence-corrected chi connectivity index (χ3v) is 4.47. The Bertz CT molecular complexity index is 640. The molecular formula is C16H22N4O2S. The Morgan fingerprint density at radius 2 is 1.91 bits per heavy atom. The van der Waals surface area contributed by atoms with Crippen molar-refractivity contribution in [2.75, 3.05) is 5.32 Å². The number of anilines is 1. The second-order valence-corrected chi connectivity index (χ2v) is 6.81. The van der Waals surface area contributed by atoms with E-state index in [1.165, 1.54) is 11.3 Å². The van der Waals surface area contributed by atoms with Crippen LogP contribution in [0, 0.1) is 0 Å². The topological polar surface area (TPSA) is 87.1 Å². The predicted molar refractivity (Wildman–Crippen MR) is 92.0 cm³/mol. The molecule has 0 aliphatic carbocycles. The van der Waals surface area contributed by atoms with Gasteiger partial charge in [0.25, 0.3) is 0 Å². The molecule has 2 aromatic rings. The highest BCUT2D eigenvalue weighted by Gasteiger charge is 2.12. The van der Waals surface area contributed by atoms with Gasteiger partial charge in [0, 0.05) is 12.0 Å². The van der Waals surface area contributed by atoms with E-state index in [4.69, 9.17) is 0 Å². The normalized spacial score (nSPS) is 12.2. The average Bonchev–Trinajstić information content (AvgIpc) is 2.95. The van der Waals surface area contributed by atoms with E-state index in [1.807, 2.05) is 32.9 Å². The first-order valence-corrected chi connectivity index (χ1v) is 8.44. The number of nitrogens with zero attached hydrogens (tertiary/aromatic N) is 2. The fraction of sp³-hybridized carbons (Fsp3) is 0.438. The summed E-state index contributed by atoms with van der Waals surface area (Å²) in [4.78, 5) is 11.9. The van der Waals surface area contributed by atoms with E-state index < -0.39 is 0 Å². The van der Waals surface area contributed by atoms with Crippen LogP contribution in [0.3, 0.4) is 0 Å². The Labute approximate surface area is 140 Å². The highest BCUT2D eigenvalue weighted by atomic mass is 32.1. The third kappa shape index (κ3) is 5.52. The number of phenols is 1. The molecule has 0 unspecified atom stereocenters. The minimum absolute atomic E-state index is 0.0290. The molecule has 1 heterocycles. The maximum atomic E-state index is 11.9. The van der Waals surface area contributed by atoms with Gasteiger partial charge >= 0.3 is 6.03 Å². The molecule has 0 aliphatic rings. The first-order valence-electron chi connectivity index (χ1n) is 7.63. The number of carbonyl (C=O) groups excluding carboxylic acids is 1. The summed E-state index contributed by atoms with van der Waals surface area (Å²) in [7, 11) is 0. The second-order valence-electron chi connectivity index (χ2n) is 5.80. The number of benzene rings is 1. The van der Waals surface area contributed by atoms with Crippen LogP contribution in [0.15, 0.2) is 24.3 Å². The summed E-state index contributed by atoms with van der Waals surface area (Å²) in [6.07, 6.45) is 1.64. The molecule has 7 heteroatoms. The molecule has 0 spiro atoms. The number of aromatic nitrogens is 2. The van der Waals surface area contributed by atoms with Crippen molar-refractivity contribution in [3.63, 3.8) is 0 Å². The van der Waals surface area contributed by atoms with Crippen LogP contribution in [0.25, 0.3) is 0 Å². The summed E-state index contributed by atoms with van der Waals surface area (Å²) < 4.78 is 0. The fourth-order valence-corrected chi connectivity index (χ4v) is 2.73. The number of amides is 2. The Balaban J connectivity index is 1.76. The zero-order valence-corrected chi connectivity index (χ0v) is 14.4. The van der Waals surface area contributed by atoms with Crippen LogP contribution in [0.4, 0.5) is 9.93 Å². The summed E-state index contributed by atoms with van der Waals surface area (Å²) in [5.41, 5.74) is 1.13. The molecule has 1 aromatic heterocycles. The van der Waals surface area contributed by atoms with E-state index in [9.17, 15) is 9.90 Å². The van der Waals surface area contributed by atoms with E-state index in [0.29, 0.717) is 11.0 Å². The van der Waals surface area contributed by atoms with Crippen LogP contribution >= 0.6 is 11.3 Å². The average molecular weight is 334 g/mol. The number of phenolic OH excluding ortho intramolecular Hbond substituents is 1. The molecule has 1 atom stereocenters. The van der Waals surface area contributed by atoms with Crippen molar-refractivity contribution < 1.29 is 9.90 Å². The third-order valence-electron chi connectivity index (χ3n) is 3.33. The number of aryl methyl sites for hydroxylation is 1. The largest absolute Gasteiger partial charge is 0.508 e. The van der Waals surface area contributed by atoms with Gasteiger partial charge in [0.1, 0.15) is 10.8 Å². The number of urea groups is 1. The smallest absolute Gasteiger partial charge is 0.321 e. The SMILES string of the molecule is CC(C)c1nnc(NC(=O)N[C@@H](C)CCc2ccc(O)cc2)s1. The molecule has 0 saturated heterocycles. The van der Waals surface area contributed by atoms with E-state index in [2.05, 4.69) is 20.8 Å². The molecule has 0 radical (unpaired) electrons. The zero-order valence-electron chi connectivity index (χ0n) is 13.5. The molecule has 1 aromatic carbocycles. The van der Waals surface area contributed by atoms with Crippen LogP contribution in [0.5, 0.6) is 5.75 Å². The minimum Gasteiger partial charge on any atom is -0.508 e. The van der Waals surface area contributed by atoms with Gasteiger partial charge in [-0.2, -0.15) is 0 Å². The van der Waals surface area contributed by atoms with E-state index in [0.717, 1.165) is 23.4 Å². The van der Waals surface area contributed by atoms with Gasteiger partial charge in [-0.3, -0.25) is 5.32 Å². The highest BCUT2D eigenvalue weighted by molar-refractivity contribution is 7.15. The van der Waals surface area contributed by atoms with Gasteiger partial charge in [0.05, 0.1) is 0 Å². The molecule has 0 aliphatic heterocycles. The molecule has 0 saturated carbocycles. The Hall–Kier alpha value is -2.15. The molecule has 6 nitrogen and oxygen atoms in total. The van der Waals surface area contributed by atoms with Gasteiger partial charge in [-0.25, -0.2) is 4.79 Å². The highest BCUT2D eigenvalue weighted by Crippen LogP contribution is 2.22. The number of aromatic hydroxyl groups is 1. The van der Waals surface area contributed by atoms with Crippen molar-refractivity contribution in [1.29, 1.82) is 0 Å². The number of hydrogen-bond acceptors (Lipinski definition) is 5. The number of hydrogen-bond donors (Lipinski definition) is 3. The van der Waals surface area contributed by atoms with Gasteiger partial charge < -0.3 is 10.4 Å². The van der Waals surface area contributed by atoms with E-state index >= 15 is 0 Å². The molecule has 2 amide bonds. The van der Waals surface area contributed by atoms with Crippen LogP contribution in [-0.2, 0) is 6.42 Å². The monoisotopic (exact) mass is 334 g/mol. The molecule has 124 valence electrons.